The Labute approximate surface area is 114 Å². The number of carbonyl (C=O) groups is 1. The first-order chi connectivity index (χ1) is 8.82. The van der Waals surface area contributed by atoms with Gasteiger partial charge in [-0.3, -0.25) is 4.79 Å². The molecule has 0 amide bonds. The Bertz CT molecular complexity index is 634. The fourth-order valence-electron chi connectivity index (χ4n) is 1.66. The summed E-state index contributed by atoms with van der Waals surface area (Å²) in [5.74, 6) is -1.20. The molecule has 1 heterocycles. The number of aromatic nitrogens is 1. The predicted molar refractivity (Wildman–Crippen MR) is 72.9 cm³/mol. The molecule has 0 saturated carbocycles. The molecular weight excluding hydrogens is 265 g/mol. The Hall–Kier alpha value is -1.75. The van der Waals surface area contributed by atoms with Gasteiger partial charge in [0, 0.05) is 10.9 Å². The van der Waals surface area contributed by atoms with E-state index in [2.05, 4.69) is 4.98 Å². The van der Waals surface area contributed by atoms with Crippen molar-refractivity contribution in [3.63, 3.8) is 0 Å². The third-order valence-corrected chi connectivity index (χ3v) is 3.97. The largest absolute Gasteiger partial charge is 0.481 e. The third-order valence-electron chi connectivity index (χ3n) is 3.10. The van der Waals surface area contributed by atoms with Gasteiger partial charge in [0.25, 0.3) is 0 Å². The molecule has 0 aliphatic carbocycles. The first kappa shape index (κ1) is 13.7. The average Bonchev–Trinajstić information content (AvgIpc) is 2.78. The van der Waals surface area contributed by atoms with Crippen molar-refractivity contribution in [3.8, 4) is 10.6 Å². The highest BCUT2D eigenvalue weighted by atomic mass is 32.1. The van der Waals surface area contributed by atoms with Gasteiger partial charge in [-0.1, -0.05) is 0 Å². The molecule has 3 nitrogen and oxygen atoms in total. The van der Waals surface area contributed by atoms with Crippen molar-refractivity contribution in [1.29, 1.82) is 0 Å². The monoisotopic (exact) mass is 279 g/mol. The maximum absolute atomic E-state index is 13.1. The normalized spacial score (nSPS) is 11.6. The first-order valence-electron chi connectivity index (χ1n) is 5.78. The van der Waals surface area contributed by atoms with E-state index in [1.165, 1.54) is 23.5 Å². The number of hydrogen-bond acceptors (Lipinski definition) is 3. The number of thiazole rings is 1. The summed E-state index contributed by atoms with van der Waals surface area (Å²) in [6, 6.07) is 4.49. The van der Waals surface area contributed by atoms with Crippen molar-refractivity contribution < 1.29 is 14.3 Å². The van der Waals surface area contributed by atoms with E-state index < -0.39 is 11.4 Å². The standard InChI is InChI=1S/C14H14FNO2S/c1-8-6-9(15)4-5-10(8)12-16-11(7-19-12)14(2,3)13(17)18/h4-7H,1-3H3,(H,17,18). The van der Waals surface area contributed by atoms with Gasteiger partial charge in [0.15, 0.2) is 0 Å². The van der Waals surface area contributed by atoms with Gasteiger partial charge in [-0.2, -0.15) is 0 Å². The lowest BCUT2D eigenvalue weighted by molar-refractivity contribution is -0.142. The second-order valence-electron chi connectivity index (χ2n) is 4.93. The van der Waals surface area contributed by atoms with E-state index in [9.17, 15) is 14.3 Å². The summed E-state index contributed by atoms with van der Waals surface area (Å²) >= 11 is 1.37. The van der Waals surface area contributed by atoms with Gasteiger partial charge >= 0.3 is 5.97 Å². The molecule has 0 saturated heterocycles. The average molecular weight is 279 g/mol. The van der Waals surface area contributed by atoms with Crippen molar-refractivity contribution in [2.45, 2.75) is 26.2 Å². The van der Waals surface area contributed by atoms with Gasteiger partial charge in [-0.25, -0.2) is 9.37 Å². The molecule has 0 aliphatic rings. The summed E-state index contributed by atoms with van der Waals surface area (Å²) in [7, 11) is 0. The molecule has 1 aromatic carbocycles. The van der Waals surface area contributed by atoms with Crippen LogP contribution in [0.3, 0.4) is 0 Å². The number of benzene rings is 1. The lowest BCUT2D eigenvalue weighted by atomic mass is 9.90. The minimum atomic E-state index is -1.03. The topological polar surface area (TPSA) is 50.2 Å². The fourth-order valence-corrected chi connectivity index (χ4v) is 2.74. The zero-order valence-electron chi connectivity index (χ0n) is 10.9. The van der Waals surface area contributed by atoms with Gasteiger partial charge in [0.05, 0.1) is 5.69 Å². The van der Waals surface area contributed by atoms with Gasteiger partial charge in [-0.05, 0) is 44.5 Å². The van der Waals surface area contributed by atoms with Crippen LogP contribution in [-0.2, 0) is 10.2 Å². The number of carboxylic acid groups (broad SMARTS) is 1. The Balaban J connectivity index is 2.44. The van der Waals surface area contributed by atoms with Crippen LogP contribution in [-0.4, -0.2) is 16.1 Å². The lowest BCUT2D eigenvalue weighted by Gasteiger charge is -2.15. The number of aliphatic carboxylic acids is 1. The third kappa shape index (κ3) is 2.51. The molecule has 0 unspecified atom stereocenters. The van der Waals surface area contributed by atoms with E-state index in [1.54, 1.807) is 25.3 Å². The lowest BCUT2D eigenvalue weighted by Crippen LogP contribution is -2.28. The van der Waals surface area contributed by atoms with E-state index >= 15 is 0 Å². The van der Waals surface area contributed by atoms with Crippen LogP contribution in [0.4, 0.5) is 4.39 Å². The molecule has 5 heteroatoms. The zero-order chi connectivity index (χ0) is 14.2. The predicted octanol–water partition coefficient (Wildman–Crippen LogP) is 3.62. The highest BCUT2D eigenvalue weighted by Gasteiger charge is 2.32. The van der Waals surface area contributed by atoms with Crippen LogP contribution in [0.5, 0.6) is 0 Å². The number of halogens is 1. The Kier molecular flexibility index (Phi) is 3.41. The molecule has 0 fully saturated rings. The maximum atomic E-state index is 13.1. The van der Waals surface area contributed by atoms with Crippen molar-refractivity contribution in [2.75, 3.05) is 0 Å². The van der Waals surface area contributed by atoms with Crippen LogP contribution >= 0.6 is 11.3 Å². The van der Waals surface area contributed by atoms with E-state index in [4.69, 9.17) is 0 Å². The molecule has 0 aliphatic heterocycles. The summed E-state index contributed by atoms with van der Waals surface area (Å²) in [4.78, 5) is 15.6. The van der Waals surface area contributed by atoms with Crippen LogP contribution in [0.2, 0.25) is 0 Å². The molecule has 0 radical (unpaired) electrons. The van der Waals surface area contributed by atoms with E-state index in [0.717, 1.165) is 11.1 Å². The maximum Gasteiger partial charge on any atom is 0.315 e. The van der Waals surface area contributed by atoms with Gasteiger partial charge in [0.2, 0.25) is 0 Å². The van der Waals surface area contributed by atoms with Crippen molar-refractivity contribution in [3.05, 3.63) is 40.7 Å². The smallest absolute Gasteiger partial charge is 0.315 e. The van der Waals surface area contributed by atoms with Gasteiger partial charge < -0.3 is 5.11 Å². The molecule has 2 rings (SSSR count). The quantitative estimate of drug-likeness (QED) is 0.933. The van der Waals surface area contributed by atoms with Crippen molar-refractivity contribution in [2.24, 2.45) is 0 Å². The van der Waals surface area contributed by atoms with Crippen LogP contribution in [0.25, 0.3) is 10.6 Å². The molecule has 100 valence electrons. The number of rotatable bonds is 3. The first-order valence-corrected chi connectivity index (χ1v) is 6.66. The Morgan fingerprint density at radius 1 is 1.42 bits per heavy atom. The van der Waals surface area contributed by atoms with E-state index in [-0.39, 0.29) is 5.82 Å². The van der Waals surface area contributed by atoms with Crippen LogP contribution in [0.1, 0.15) is 25.1 Å². The molecule has 0 spiro atoms. The number of aryl methyl sites for hydroxylation is 1. The summed E-state index contributed by atoms with van der Waals surface area (Å²) in [6.45, 7) is 5.04. The SMILES string of the molecule is Cc1cc(F)ccc1-c1nc(C(C)(C)C(=O)O)cs1. The van der Waals surface area contributed by atoms with E-state index in [1.807, 2.05) is 6.92 Å². The number of hydrogen-bond donors (Lipinski definition) is 1. The summed E-state index contributed by atoms with van der Waals surface area (Å²) in [5, 5.41) is 11.6. The second-order valence-corrected chi connectivity index (χ2v) is 5.79. The van der Waals surface area contributed by atoms with Crippen LogP contribution in [0.15, 0.2) is 23.6 Å². The van der Waals surface area contributed by atoms with Crippen LogP contribution < -0.4 is 0 Å². The van der Waals surface area contributed by atoms with Gasteiger partial charge in [-0.15, -0.1) is 11.3 Å². The summed E-state index contributed by atoms with van der Waals surface area (Å²) in [5.41, 5.74) is 1.11. The molecule has 2 aromatic rings. The molecule has 0 atom stereocenters. The van der Waals surface area contributed by atoms with Crippen LogP contribution in [0, 0.1) is 12.7 Å². The zero-order valence-corrected chi connectivity index (χ0v) is 11.7. The summed E-state index contributed by atoms with van der Waals surface area (Å²) < 4.78 is 13.1. The number of carboxylic acids is 1. The minimum absolute atomic E-state index is 0.288. The van der Waals surface area contributed by atoms with Crippen molar-refractivity contribution in [1.82, 2.24) is 4.98 Å². The van der Waals surface area contributed by atoms with Crippen molar-refractivity contribution >= 4 is 17.3 Å². The highest BCUT2D eigenvalue weighted by Crippen LogP contribution is 2.32. The fraction of sp³-hybridized carbons (Fsp3) is 0.286. The Morgan fingerprint density at radius 3 is 2.68 bits per heavy atom. The van der Waals surface area contributed by atoms with E-state index in [0.29, 0.717) is 10.7 Å². The highest BCUT2D eigenvalue weighted by molar-refractivity contribution is 7.13. The Morgan fingerprint density at radius 2 is 2.11 bits per heavy atom. The molecule has 1 N–H and O–H groups in total. The number of nitrogens with zero attached hydrogens (tertiary/aromatic N) is 1. The molecule has 1 aromatic heterocycles. The second kappa shape index (κ2) is 4.74. The van der Waals surface area contributed by atoms with Gasteiger partial charge in [0.1, 0.15) is 16.2 Å². The summed E-state index contributed by atoms with van der Waals surface area (Å²) in [6.07, 6.45) is 0. The molecule has 19 heavy (non-hydrogen) atoms. The minimum Gasteiger partial charge on any atom is -0.481 e. The molecular formula is C14H14FNO2S. The molecule has 0 bridgehead atoms.